The normalized spacial score (nSPS) is 17.6. The van der Waals surface area contributed by atoms with Crippen LogP contribution in [0.4, 0.5) is 13.2 Å². The molecule has 6 heteroatoms. The molecule has 0 aromatic heterocycles. The number of rotatable bonds is 4. The Morgan fingerprint density at radius 2 is 1.78 bits per heavy atom. The van der Waals surface area contributed by atoms with Crippen molar-refractivity contribution in [3.8, 4) is 0 Å². The molecule has 0 aromatic carbocycles. The molecule has 1 unspecified atom stereocenters. The van der Waals surface area contributed by atoms with E-state index in [0.717, 1.165) is 8.73 Å². The summed E-state index contributed by atoms with van der Waals surface area (Å²) in [7, 11) is 1.36. The van der Waals surface area contributed by atoms with Gasteiger partial charge in [-0.2, -0.15) is 0 Å². The fourth-order valence-corrected chi connectivity index (χ4v) is 2.22. The number of likely N-dealkylation sites (N-methyl/N-ethyl adjacent to an activating group) is 1. The van der Waals surface area contributed by atoms with Gasteiger partial charge in [0, 0.05) is 0 Å². The van der Waals surface area contributed by atoms with Gasteiger partial charge in [-0.1, -0.05) is 0 Å². The van der Waals surface area contributed by atoms with Crippen LogP contribution in [0.5, 0.6) is 0 Å². The van der Waals surface area contributed by atoms with Crippen LogP contribution in [0.1, 0.15) is 20.8 Å². The third kappa shape index (κ3) is 5.07. The Kier molecular flexibility index (Phi) is 6.03. The van der Waals surface area contributed by atoms with E-state index in [4.69, 9.17) is 0 Å². The molecule has 0 aliphatic rings. The van der Waals surface area contributed by atoms with Crippen LogP contribution in [0.15, 0.2) is 16.8 Å². The molecule has 0 rings (SSSR count). The van der Waals surface area contributed by atoms with Crippen molar-refractivity contribution >= 4 is 26.2 Å². The molecule has 0 fully saturated rings. The molecule has 0 radical (unpaired) electrons. The molecule has 2 nitrogen and oxygen atoms in total. The minimum absolute atomic E-state index is 0.245. The van der Waals surface area contributed by atoms with Gasteiger partial charge in [0.15, 0.2) is 0 Å². The van der Waals surface area contributed by atoms with E-state index in [-0.39, 0.29) is 5.57 Å². The first-order valence-corrected chi connectivity index (χ1v) is 12.3. The number of halogens is 4. The number of alkyl halides is 5. The zero-order valence-electron chi connectivity index (χ0n) is 11.8. The summed E-state index contributed by atoms with van der Waals surface area (Å²) in [5.74, 6) is 0. The monoisotopic (exact) mass is 378 g/mol. The van der Waals surface area contributed by atoms with Gasteiger partial charge in [-0.05, 0) is 0 Å². The molecule has 0 aromatic rings. The maximum absolute atomic E-state index is 13.0. The summed E-state index contributed by atoms with van der Waals surface area (Å²) in [6.45, 7) is 4.83. The van der Waals surface area contributed by atoms with Gasteiger partial charge < -0.3 is 0 Å². The summed E-state index contributed by atoms with van der Waals surface area (Å²) >= 11 is -2.32. The van der Waals surface area contributed by atoms with Crippen LogP contribution >= 0.6 is 18.0 Å². The van der Waals surface area contributed by atoms with Crippen LogP contribution in [0, 0.1) is 0 Å². The van der Waals surface area contributed by atoms with Crippen molar-refractivity contribution in [2.24, 2.45) is 5.10 Å². The van der Waals surface area contributed by atoms with E-state index in [0.29, 0.717) is 0 Å². The van der Waals surface area contributed by atoms with Gasteiger partial charge >= 0.3 is 111 Å². The predicted molar refractivity (Wildman–Crippen MR) is 83.1 cm³/mol. The van der Waals surface area contributed by atoms with E-state index in [9.17, 15) is 13.2 Å². The van der Waals surface area contributed by atoms with Crippen LogP contribution < -0.4 is 0 Å². The van der Waals surface area contributed by atoms with E-state index in [1.54, 1.807) is 13.8 Å². The standard InChI is InChI=1S/C12H22F3IN2/c1-8-9(2)11(12(13,14)15)18(7)17-10(3)16(4,5)6/h8,11H,4H2,1-3,5-7H3/b9-8-,17-10?. The van der Waals surface area contributed by atoms with Crippen molar-refractivity contribution in [3.05, 3.63) is 11.6 Å². The second-order valence-corrected chi connectivity index (χ2v) is 14.3. The average Bonchev–Trinajstić information content (AvgIpc) is 2.13. The molecule has 0 amide bonds. The summed E-state index contributed by atoms with van der Waals surface area (Å²) < 4.78 is 43.8. The van der Waals surface area contributed by atoms with Crippen molar-refractivity contribution in [2.45, 2.75) is 33.0 Å². The molecule has 0 heterocycles. The van der Waals surface area contributed by atoms with Crippen molar-refractivity contribution < 1.29 is 13.2 Å². The first kappa shape index (κ1) is 17.6. The average molecular weight is 378 g/mol. The van der Waals surface area contributed by atoms with Gasteiger partial charge in [0.25, 0.3) is 0 Å². The summed E-state index contributed by atoms with van der Waals surface area (Å²) in [5, 5.41) is 5.09. The molecule has 0 spiro atoms. The number of hydrogen-bond donors (Lipinski definition) is 0. The Labute approximate surface area is 111 Å². The Morgan fingerprint density at radius 3 is 2.06 bits per heavy atom. The maximum atomic E-state index is 13.0. The van der Waals surface area contributed by atoms with E-state index in [2.05, 4.69) is 9.62 Å². The van der Waals surface area contributed by atoms with Crippen LogP contribution in [-0.2, 0) is 0 Å². The predicted octanol–water partition coefficient (Wildman–Crippen LogP) is 3.88. The first-order valence-electron chi connectivity index (χ1n) is 5.35. The van der Waals surface area contributed by atoms with E-state index < -0.39 is 30.2 Å². The summed E-state index contributed by atoms with van der Waals surface area (Å²) in [6.07, 6.45) is -2.86. The van der Waals surface area contributed by atoms with E-state index in [1.165, 1.54) is 20.0 Å². The van der Waals surface area contributed by atoms with Crippen molar-refractivity contribution in [1.82, 2.24) is 5.01 Å². The van der Waals surface area contributed by atoms with Crippen molar-refractivity contribution in [1.29, 1.82) is 0 Å². The molecule has 0 bridgehead atoms. The number of hydrogen-bond acceptors (Lipinski definition) is 2. The zero-order valence-corrected chi connectivity index (χ0v) is 13.9. The quantitative estimate of drug-likeness (QED) is 0.238. The SMILES string of the molecule is C=I(C)(C)C(C)=NN(C)C(/C(C)=C\C)C(F)(F)F. The molecule has 0 saturated carbocycles. The van der Waals surface area contributed by atoms with Crippen LogP contribution in [0.2, 0.25) is 0 Å². The third-order valence-electron chi connectivity index (χ3n) is 2.61. The van der Waals surface area contributed by atoms with Crippen molar-refractivity contribution in [2.75, 3.05) is 16.9 Å². The fourth-order valence-electron chi connectivity index (χ4n) is 1.30. The third-order valence-corrected chi connectivity index (χ3v) is 7.05. The van der Waals surface area contributed by atoms with Gasteiger partial charge in [0.05, 0.1) is 0 Å². The molecule has 18 heavy (non-hydrogen) atoms. The Morgan fingerprint density at radius 1 is 1.33 bits per heavy atom. The van der Waals surface area contributed by atoms with Gasteiger partial charge in [0.2, 0.25) is 0 Å². The number of hydrazone groups is 1. The topological polar surface area (TPSA) is 15.6 Å². The summed E-state index contributed by atoms with van der Waals surface area (Å²) in [6, 6.07) is -1.67. The molecule has 0 saturated heterocycles. The molecule has 0 aliphatic heterocycles. The molecule has 1 atom stereocenters. The van der Waals surface area contributed by atoms with Crippen molar-refractivity contribution in [3.63, 3.8) is 0 Å². The van der Waals surface area contributed by atoms with E-state index in [1.807, 2.05) is 9.86 Å². The second kappa shape index (κ2) is 6.16. The molecule has 0 aliphatic carbocycles. The molecule has 108 valence electrons. The van der Waals surface area contributed by atoms with Gasteiger partial charge in [-0.3, -0.25) is 0 Å². The van der Waals surface area contributed by atoms with Gasteiger partial charge in [0.1, 0.15) is 0 Å². The summed E-state index contributed by atoms with van der Waals surface area (Å²) in [4.78, 5) is 3.98. The fraction of sp³-hybridized carbons (Fsp3) is 0.667. The van der Waals surface area contributed by atoms with Gasteiger partial charge in [-0.15, -0.1) is 0 Å². The zero-order chi connectivity index (χ0) is 14.7. The minimum atomic E-state index is -4.33. The van der Waals surface area contributed by atoms with Crippen LogP contribution in [0.3, 0.4) is 0 Å². The molecular formula is C12H22F3IN2. The Balaban J connectivity index is 5.38. The van der Waals surface area contributed by atoms with Crippen LogP contribution in [0.25, 0.3) is 0 Å². The first-order chi connectivity index (χ1) is 7.91. The molecular weight excluding hydrogens is 356 g/mol. The number of allylic oxidation sites excluding steroid dienone is 1. The summed E-state index contributed by atoms with van der Waals surface area (Å²) in [5.41, 5.74) is 0.245. The van der Waals surface area contributed by atoms with E-state index >= 15 is 0 Å². The van der Waals surface area contributed by atoms with Gasteiger partial charge in [-0.25, -0.2) is 0 Å². The Hall–Kier alpha value is -0.400. The van der Waals surface area contributed by atoms with Crippen LogP contribution in [-0.4, -0.2) is 42.4 Å². The second-order valence-electron chi connectivity index (χ2n) is 4.57. The Bertz CT molecular complexity index is 391. The number of nitrogens with zero attached hydrogens (tertiary/aromatic N) is 2. The molecule has 0 N–H and O–H groups in total.